The number of hydrogen-bond acceptors (Lipinski definition) is 3. The number of hydrogen-bond donors (Lipinski definition) is 1. The van der Waals surface area contributed by atoms with Crippen LogP contribution in [-0.2, 0) is 16.1 Å². The van der Waals surface area contributed by atoms with E-state index in [1.165, 1.54) is 9.80 Å². The predicted molar refractivity (Wildman–Crippen MR) is 146 cm³/mol. The number of nitrogens with zero attached hydrogens (tertiary/aromatic N) is 3. The second-order valence-corrected chi connectivity index (χ2v) is 9.70. The molecule has 1 heterocycles. The van der Waals surface area contributed by atoms with Gasteiger partial charge in [0.2, 0.25) is 17.7 Å². The molecule has 11 heteroatoms. The minimum Gasteiger partial charge on any atom is -0.352 e. The van der Waals surface area contributed by atoms with Crippen molar-refractivity contribution in [2.24, 2.45) is 5.92 Å². The Morgan fingerprint density at radius 2 is 1.62 bits per heavy atom. The van der Waals surface area contributed by atoms with Crippen molar-refractivity contribution >= 4 is 51.8 Å². The highest BCUT2D eigenvalue weighted by molar-refractivity contribution is 6.37. The van der Waals surface area contributed by atoms with Crippen LogP contribution in [0.5, 0.6) is 0 Å². The van der Waals surface area contributed by atoms with Crippen molar-refractivity contribution in [1.29, 1.82) is 0 Å². The first kappa shape index (κ1) is 32.6. The molecule has 1 N–H and O–H groups in total. The van der Waals surface area contributed by atoms with E-state index in [9.17, 15) is 23.2 Å². The number of aromatic nitrogens is 1. The third kappa shape index (κ3) is 9.78. The summed E-state index contributed by atoms with van der Waals surface area (Å²) in [6.45, 7) is 4.44. The molecule has 0 radical (unpaired) electrons. The molecule has 1 aliphatic rings. The van der Waals surface area contributed by atoms with Crippen LogP contribution in [-0.4, -0.2) is 78.6 Å². The fourth-order valence-electron chi connectivity index (χ4n) is 3.65. The minimum absolute atomic E-state index is 0.0442. The quantitative estimate of drug-likeness (QED) is 0.487. The highest BCUT2D eigenvalue weighted by atomic mass is 35.5. The van der Waals surface area contributed by atoms with Crippen molar-refractivity contribution in [3.05, 3.63) is 35.0 Å². The van der Waals surface area contributed by atoms with Crippen LogP contribution < -0.4 is 5.32 Å². The van der Waals surface area contributed by atoms with Crippen molar-refractivity contribution in [2.45, 2.75) is 52.0 Å². The summed E-state index contributed by atoms with van der Waals surface area (Å²) in [5.74, 6) is -2.93. The molecule has 1 aliphatic carbocycles. The topological polar surface area (TPSA) is 74.7 Å². The Morgan fingerprint density at radius 1 is 1.05 bits per heavy atom. The summed E-state index contributed by atoms with van der Waals surface area (Å²) in [5.41, 5.74) is 1.08. The van der Waals surface area contributed by atoms with Crippen LogP contribution in [0.3, 0.4) is 0 Å². The largest absolute Gasteiger partial charge is 0.352 e. The van der Waals surface area contributed by atoms with Crippen LogP contribution in [0.15, 0.2) is 24.4 Å². The Balaban J connectivity index is 0.000000659. The molecule has 1 fully saturated rings. The molecular weight excluding hydrogens is 525 g/mol. The lowest BCUT2D eigenvalue weighted by Crippen LogP contribution is -2.33. The molecule has 0 aliphatic heterocycles. The summed E-state index contributed by atoms with van der Waals surface area (Å²) >= 11 is 11.5. The first-order valence-corrected chi connectivity index (χ1v) is 13.2. The first-order valence-electron chi connectivity index (χ1n) is 12.3. The number of alkyl halides is 3. The normalized spacial score (nSPS) is 14.5. The molecule has 3 amide bonds. The number of likely N-dealkylation sites (N-methyl/N-ethyl adjacent to an activating group) is 1. The Kier molecular flexibility index (Phi) is 13.3. The molecule has 2 aromatic rings. The highest BCUT2D eigenvalue weighted by Crippen LogP contribution is 2.36. The van der Waals surface area contributed by atoms with Crippen LogP contribution in [0.4, 0.5) is 8.78 Å². The molecule has 1 aromatic heterocycles. The smallest absolute Gasteiger partial charge is 0.253 e. The summed E-state index contributed by atoms with van der Waals surface area (Å²) in [6, 6.07) is 5.28. The monoisotopic (exact) mass is 562 g/mol. The van der Waals surface area contributed by atoms with E-state index in [-0.39, 0.29) is 48.9 Å². The standard InChI is InChI=1S/C20H24ClF2N3O2.C4H8ClNO.C2H6/c1-25(2)17(27)12-26-11-14(18-15(21)4-3-5-16(18)26)19(28)24-10-13-6-8-20(22,23)9-7-13;1-6(2)4(7)3-5;1-2/h3-5,11,13H,6-10,12H2,1-2H3,(H,24,28);3H2,1-2H3;1-2H3. The lowest BCUT2D eigenvalue weighted by atomic mass is 9.87. The van der Waals surface area contributed by atoms with Crippen LogP contribution in [0, 0.1) is 5.92 Å². The van der Waals surface area contributed by atoms with Gasteiger partial charge in [0.25, 0.3) is 5.91 Å². The van der Waals surface area contributed by atoms with Crippen molar-refractivity contribution in [1.82, 2.24) is 19.7 Å². The van der Waals surface area contributed by atoms with E-state index in [0.29, 0.717) is 40.9 Å². The summed E-state index contributed by atoms with van der Waals surface area (Å²) < 4.78 is 28.3. The van der Waals surface area contributed by atoms with Gasteiger partial charge in [0.05, 0.1) is 16.1 Å². The summed E-state index contributed by atoms with van der Waals surface area (Å²) in [4.78, 5) is 38.1. The second kappa shape index (κ2) is 15.1. The van der Waals surface area contributed by atoms with E-state index < -0.39 is 5.92 Å². The zero-order valence-corrected chi connectivity index (χ0v) is 23.9. The van der Waals surface area contributed by atoms with Gasteiger partial charge in [-0.2, -0.15) is 0 Å². The number of carbonyl (C=O) groups excluding carboxylic acids is 3. The van der Waals surface area contributed by atoms with Gasteiger partial charge in [0.15, 0.2) is 0 Å². The summed E-state index contributed by atoms with van der Waals surface area (Å²) in [5, 5.41) is 3.87. The Hall–Kier alpha value is -2.39. The molecule has 3 rings (SSSR count). The van der Waals surface area contributed by atoms with Gasteiger partial charge >= 0.3 is 0 Å². The summed E-state index contributed by atoms with van der Waals surface area (Å²) in [7, 11) is 6.68. The molecule has 1 saturated carbocycles. The van der Waals surface area contributed by atoms with Crippen LogP contribution >= 0.6 is 23.2 Å². The fraction of sp³-hybridized carbons (Fsp3) is 0.577. The lowest BCUT2D eigenvalue weighted by molar-refractivity contribution is -0.129. The van der Waals surface area contributed by atoms with Gasteiger partial charge < -0.3 is 19.7 Å². The molecule has 7 nitrogen and oxygen atoms in total. The average molecular weight is 564 g/mol. The van der Waals surface area contributed by atoms with E-state index in [4.69, 9.17) is 23.2 Å². The van der Waals surface area contributed by atoms with E-state index in [2.05, 4.69) is 5.32 Å². The Morgan fingerprint density at radius 3 is 2.11 bits per heavy atom. The van der Waals surface area contributed by atoms with E-state index in [1.807, 2.05) is 19.9 Å². The average Bonchev–Trinajstić information content (AvgIpc) is 3.23. The third-order valence-electron chi connectivity index (χ3n) is 5.91. The molecule has 0 unspecified atom stereocenters. The molecule has 0 saturated heterocycles. The zero-order valence-electron chi connectivity index (χ0n) is 22.4. The molecule has 0 bridgehead atoms. The SMILES string of the molecule is CC.CN(C)C(=O)CCl.CN(C)C(=O)Cn1cc(C(=O)NCC2CCC(F)(F)CC2)c2c(Cl)cccc21. The first-order chi connectivity index (χ1) is 17.4. The highest BCUT2D eigenvalue weighted by Gasteiger charge is 2.35. The Labute approximate surface area is 228 Å². The van der Waals surface area contributed by atoms with Crippen LogP contribution in [0.1, 0.15) is 49.9 Å². The molecule has 37 heavy (non-hydrogen) atoms. The number of fused-ring (bicyclic) bond motifs is 1. The van der Waals surface area contributed by atoms with Crippen molar-refractivity contribution in [2.75, 3.05) is 40.6 Å². The molecule has 0 atom stereocenters. The van der Waals surface area contributed by atoms with Crippen LogP contribution in [0.25, 0.3) is 10.9 Å². The van der Waals surface area contributed by atoms with E-state index >= 15 is 0 Å². The fourth-order valence-corrected chi connectivity index (χ4v) is 4.17. The van der Waals surface area contributed by atoms with E-state index in [1.54, 1.807) is 51.1 Å². The maximum atomic E-state index is 13.3. The lowest BCUT2D eigenvalue weighted by Gasteiger charge is -2.28. The number of rotatable bonds is 6. The zero-order chi connectivity index (χ0) is 28.3. The van der Waals surface area contributed by atoms with Crippen molar-refractivity contribution in [3.8, 4) is 0 Å². The number of carbonyl (C=O) groups is 3. The molecule has 0 spiro atoms. The van der Waals surface area contributed by atoms with Gasteiger partial charge in [0, 0.05) is 59.2 Å². The van der Waals surface area contributed by atoms with Gasteiger partial charge in [-0.1, -0.05) is 31.5 Å². The molecule has 208 valence electrons. The van der Waals surface area contributed by atoms with Gasteiger partial charge in [-0.3, -0.25) is 14.4 Å². The van der Waals surface area contributed by atoms with Crippen molar-refractivity contribution < 1.29 is 23.2 Å². The van der Waals surface area contributed by atoms with Gasteiger partial charge in [-0.25, -0.2) is 8.78 Å². The third-order valence-corrected chi connectivity index (χ3v) is 6.45. The maximum Gasteiger partial charge on any atom is 0.253 e. The van der Waals surface area contributed by atoms with Crippen LogP contribution in [0.2, 0.25) is 5.02 Å². The van der Waals surface area contributed by atoms with Crippen molar-refractivity contribution in [3.63, 3.8) is 0 Å². The number of halogens is 4. The number of nitrogens with one attached hydrogen (secondary N) is 1. The number of benzene rings is 1. The van der Waals surface area contributed by atoms with Gasteiger partial charge in [0.1, 0.15) is 12.4 Å². The maximum absolute atomic E-state index is 13.3. The summed E-state index contributed by atoms with van der Waals surface area (Å²) in [6.07, 6.45) is 2.15. The van der Waals surface area contributed by atoms with Gasteiger partial charge in [-0.05, 0) is 30.9 Å². The molecular formula is C26H38Cl2F2N4O3. The van der Waals surface area contributed by atoms with E-state index in [0.717, 1.165) is 0 Å². The number of amides is 3. The Bertz CT molecular complexity index is 1050. The minimum atomic E-state index is -2.58. The predicted octanol–water partition coefficient (Wildman–Crippen LogP) is 5.28. The second-order valence-electron chi connectivity index (χ2n) is 9.02. The van der Waals surface area contributed by atoms with Gasteiger partial charge in [-0.15, -0.1) is 11.6 Å². The molecule has 1 aromatic carbocycles.